The number of amides is 2. The van der Waals surface area contributed by atoms with Gasteiger partial charge in [0.25, 0.3) is 11.8 Å². The molecule has 0 radical (unpaired) electrons. The monoisotopic (exact) mass is 529 g/mol. The molecule has 5 nitrogen and oxygen atoms in total. The van der Waals surface area contributed by atoms with Gasteiger partial charge in [-0.15, -0.1) is 0 Å². The first-order chi connectivity index (χ1) is 18.2. The zero-order chi connectivity index (χ0) is 27.2. The van der Waals surface area contributed by atoms with Crippen LogP contribution in [0.1, 0.15) is 44.8 Å². The molecule has 0 saturated carbocycles. The Morgan fingerprint density at radius 2 is 1.61 bits per heavy atom. The smallest absolute Gasteiger partial charge is 0.257 e. The van der Waals surface area contributed by atoms with Crippen LogP contribution >= 0.6 is 11.6 Å². The highest BCUT2D eigenvalue weighted by Gasteiger charge is 2.25. The van der Waals surface area contributed by atoms with Crippen molar-refractivity contribution in [3.05, 3.63) is 130 Å². The number of halogens is 2. The molecule has 0 bridgehead atoms. The van der Waals surface area contributed by atoms with Crippen molar-refractivity contribution < 1.29 is 14.0 Å². The SMILES string of the molecule is C[C@H](c1ccccc1)N(Cc1cc(NC(=O)c2ccccc2Cl)ccc1N(C)C)C(=O)c1cccc(F)c1. The molecular weight excluding hydrogens is 501 g/mol. The number of anilines is 2. The predicted octanol–water partition coefficient (Wildman–Crippen LogP) is 7.20. The van der Waals surface area contributed by atoms with E-state index in [2.05, 4.69) is 5.32 Å². The number of carbonyl (C=O) groups is 2. The lowest BCUT2D eigenvalue weighted by molar-refractivity contribution is 0.0673. The molecule has 1 N–H and O–H groups in total. The molecule has 0 spiro atoms. The van der Waals surface area contributed by atoms with E-state index in [1.165, 1.54) is 18.2 Å². The second-order valence-electron chi connectivity index (χ2n) is 9.20. The van der Waals surface area contributed by atoms with Gasteiger partial charge >= 0.3 is 0 Å². The van der Waals surface area contributed by atoms with Crippen molar-refractivity contribution in [2.75, 3.05) is 24.3 Å². The van der Waals surface area contributed by atoms with Crippen LogP contribution in [-0.2, 0) is 6.54 Å². The van der Waals surface area contributed by atoms with Crippen molar-refractivity contribution in [2.45, 2.75) is 19.5 Å². The number of benzene rings is 4. The molecule has 0 aliphatic heterocycles. The van der Waals surface area contributed by atoms with Gasteiger partial charge in [0.1, 0.15) is 5.82 Å². The van der Waals surface area contributed by atoms with Crippen molar-refractivity contribution in [1.29, 1.82) is 0 Å². The van der Waals surface area contributed by atoms with Crippen molar-refractivity contribution in [1.82, 2.24) is 4.90 Å². The molecule has 0 heterocycles. The largest absolute Gasteiger partial charge is 0.377 e. The summed E-state index contributed by atoms with van der Waals surface area (Å²) in [4.78, 5) is 30.3. The third kappa shape index (κ3) is 6.21. The summed E-state index contributed by atoms with van der Waals surface area (Å²) in [5.74, 6) is -1.10. The molecule has 0 saturated heterocycles. The molecule has 38 heavy (non-hydrogen) atoms. The summed E-state index contributed by atoms with van der Waals surface area (Å²) in [6.45, 7) is 2.18. The molecule has 4 aromatic rings. The summed E-state index contributed by atoms with van der Waals surface area (Å²) in [5.41, 5.74) is 3.86. The molecule has 7 heteroatoms. The Hall–Kier alpha value is -4.16. The summed E-state index contributed by atoms with van der Waals surface area (Å²) in [6.07, 6.45) is 0. The third-order valence-corrected chi connectivity index (χ3v) is 6.69. The minimum atomic E-state index is -0.471. The quantitative estimate of drug-likeness (QED) is 0.262. The van der Waals surface area contributed by atoms with Gasteiger partial charge in [-0.25, -0.2) is 4.39 Å². The fraction of sp³-hybridized carbons (Fsp3) is 0.161. The van der Waals surface area contributed by atoms with E-state index >= 15 is 0 Å². The molecule has 0 fully saturated rings. The normalized spacial score (nSPS) is 11.5. The number of nitrogens with one attached hydrogen (secondary N) is 1. The van der Waals surface area contributed by atoms with Gasteiger partial charge in [-0.2, -0.15) is 0 Å². The first kappa shape index (κ1) is 26.9. The van der Waals surface area contributed by atoms with E-state index in [1.54, 1.807) is 35.2 Å². The lowest BCUT2D eigenvalue weighted by atomic mass is 10.0. The summed E-state index contributed by atoms with van der Waals surface area (Å²) >= 11 is 6.21. The van der Waals surface area contributed by atoms with E-state index in [9.17, 15) is 14.0 Å². The summed E-state index contributed by atoms with van der Waals surface area (Å²) in [5, 5.41) is 3.27. The van der Waals surface area contributed by atoms with Gasteiger partial charge in [0.15, 0.2) is 0 Å². The maximum absolute atomic E-state index is 14.0. The van der Waals surface area contributed by atoms with Gasteiger partial charge < -0.3 is 15.1 Å². The van der Waals surface area contributed by atoms with Crippen LogP contribution < -0.4 is 10.2 Å². The van der Waals surface area contributed by atoms with Crippen molar-refractivity contribution in [3.63, 3.8) is 0 Å². The van der Waals surface area contributed by atoms with Crippen LogP contribution in [0.25, 0.3) is 0 Å². The van der Waals surface area contributed by atoms with E-state index in [-0.39, 0.29) is 30.0 Å². The Balaban J connectivity index is 1.71. The van der Waals surface area contributed by atoms with Crippen molar-refractivity contribution in [3.8, 4) is 0 Å². The summed E-state index contributed by atoms with van der Waals surface area (Å²) in [7, 11) is 3.83. The molecular formula is C31H29ClFN3O2. The van der Waals surface area contributed by atoms with Crippen LogP contribution in [0.3, 0.4) is 0 Å². The Morgan fingerprint density at radius 3 is 2.29 bits per heavy atom. The fourth-order valence-electron chi connectivity index (χ4n) is 4.34. The number of hydrogen-bond acceptors (Lipinski definition) is 3. The molecule has 1 atom stereocenters. The molecule has 0 unspecified atom stereocenters. The van der Waals surface area contributed by atoms with Gasteiger partial charge in [0.05, 0.1) is 16.6 Å². The van der Waals surface area contributed by atoms with E-state index < -0.39 is 5.82 Å². The maximum atomic E-state index is 14.0. The first-order valence-electron chi connectivity index (χ1n) is 12.2. The molecule has 0 aromatic heterocycles. The zero-order valence-corrected chi connectivity index (χ0v) is 22.2. The fourth-order valence-corrected chi connectivity index (χ4v) is 4.56. The van der Waals surface area contributed by atoms with E-state index in [0.29, 0.717) is 16.3 Å². The van der Waals surface area contributed by atoms with Crippen molar-refractivity contribution in [2.24, 2.45) is 0 Å². The molecule has 4 rings (SSSR count). The lowest BCUT2D eigenvalue weighted by Crippen LogP contribution is -2.34. The lowest BCUT2D eigenvalue weighted by Gasteiger charge is -2.32. The first-order valence-corrected chi connectivity index (χ1v) is 12.6. The third-order valence-electron chi connectivity index (χ3n) is 6.36. The highest BCUT2D eigenvalue weighted by atomic mass is 35.5. The summed E-state index contributed by atoms with van der Waals surface area (Å²) in [6, 6.07) is 27.5. The number of carbonyl (C=O) groups excluding carboxylic acids is 2. The van der Waals surface area contributed by atoms with Gasteiger partial charge in [0, 0.05) is 37.6 Å². The number of hydrogen-bond donors (Lipinski definition) is 1. The van der Waals surface area contributed by atoms with Gasteiger partial charge in [-0.05, 0) is 66.6 Å². The average Bonchev–Trinajstić information content (AvgIpc) is 2.91. The van der Waals surface area contributed by atoms with Gasteiger partial charge in [-0.1, -0.05) is 60.1 Å². The van der Waals surface area contributed by atoms with Crippen molar-refractivity contribution >= 4 is 34.8 Å². The summed E-state index contributed by atoms with van der Waals surface area (Å²) < 4.78 is 14.0. The Kier molecular flexibility index (Phi) is 8.44. The van der Waals surface area contributed by atoms with Crippen LogP contribution in [0.4, 0.5) is 15.8 Å². The van der Waals surface area contributed by atoms with Crippen LogP contribution in [0.15, 0.2) is 97.1 Å². The zero-order valence-electron chi connectivity index (χ0n) is 21.5. The Morgan fingerprint density at radius 1 is 0.895 bits per heavy atom. The topological polar surface area (TPSA) is 52.7 Å². The molecule has 0 aliphatic rings. The Bertz CT molecular complexity index is 1440. The number of rotatable bonds is 8. The van der Waals surface area contributed by atoms with Gasteiger partial charge in [-0.3, -0.25) is 9.59 Å². The minimum absolute atomic E-state index is 0.231. The maximum Gasteiger partial charge on any atom is 0.257 e. The highest BCUT2D eigenvalue weighted by molar-refractivity contribution is 6.34. The number of nitrogens with zero attached hydrogens (tertiary/aromatic N) is 2. The highest BCUT2D eigenvalue weighted by Crippen LogP contribution is 2.30. The van der Waals surface area contributed by atoms with Crippen LogP contribution in [-0.4, -0.2) is 30.8 Å². The van der Waals surface area contributed by atoms with Gasteiger partial charge in [0.2, 0.25) is 0 Å². The molecule has 2 amide bonds. The predicted molar refractivity (Wildman–Crippen MR) is 151 cm³/mol. The van der Waals surface area contributed by atoms with Crippen LogP contribution in [0.2, 0.25) is 5.02 Å². The molecule has 0 aliphatic carbocycles. The average molecular weight is 530 g/mol. The Labute approximate surface area is 227 Å². The van der Waals surface area contributed by atoms with E-state index in [1.807, 2.05) is 74.4 Å². The standard InChI is InChI=1S/C31H29ClFN3O2/c1-21(22-10-5-4-6-11-22)36(31(38)23-12-9-13-25(33)18-23)20-24-19-26(16-17-29(24)35(2)3)34-30(37)27-14-7-8-15-28(27)32/h4-19,21H,20H2,1-3H3,(H,34,37)/t21-/m1/s1. The minimum Gasteiger partial charge on any atom is -0.377 e. The molecule has 194 valence electrons. The van der Waals surface area contributed by atoms with Crippen LogP contribution in [0.5, 0.6) is 0 Å². The van der Waals surface area contributed by atoms with E-state index in [0.717, 1.165) is 16.8 Å². The van der Waals surface area contributed by atoms with E-state index in [4.69, 9.17) is 11.6 Å². The second kappa shape index (κ2) is 11.9. The molecule has 4 aromatic carbocycles. The van der Waals surface area contributed by atoms with Crippen LogP contribution in [0, 0.1) is 5.82 Å². The second-order valence-corrected chi connectivity index (χ2v) is 9.61.